The summed E-state index contributed by atoms with van der Waals surface area (Å²) in [5, 5.41) is 0. The average molecular weight is 121 g/mol. The Labute approximate surface area is 51.3 Å². The number of rotatable bonds is 0. The van der Waals surface area contributed by atoms with Crippen LogP contribution in [0.5, 0.6) is 0 Å². The Hall–Kier alpha value is -1.38. The second kappa shape index (κ2) is 1.31. The number of esters is 1. The Morgan fingerprint density at radius 2 is 2.44 bits per heavy atom. The average Bonchev–Trinajstić information content (AvgIpc) is 2.35. The summed E-state index contributed by atoms with van der Waals surface area (Å²) in [6.45, 7) is 0. The fourth-order valence-corrected chi connectivity index (χ4v) is 0.784. The maximum Gasteiger partial charge on any atom is 0.362 e. The lowest BCUT2D eigenvalue weighted by molar-refractivity contribution is -0.129. The topological polar surface area (TPSA) is 38.7 Å². The fourth-order valence-electron chi connectivity index (χ4n) is 0.784. The number of carbonyl (C=O) groups excluding carboxylic acids is 1. The lowest BCUT2D eigenvalue weighted by atomic mass is 10.2. The van der Waals surface area contributed by atoms with E-state index in [1.807, 2.05) is 0 Å². The molecule has 0 N–H and O–H groups in total. The number of allylic oxidation sites excluding steroid dienone is 1. The van der Waals surface area contributed by atoms with Crippen LogP contribution in [0.1, 0.15) is 0 Å². The molecule has 2 aliphatic heterocycles. The minimum absolute atomic E-state index is 0.352. The van der Waals surface area contributed by atoms with Gasteiger partial charge in [0.25, 0.3) is 0 Å². The highest BCUT2D eigenvalue weighted by Gasteiger charge is 2.24. The zero-order chi connectivity index (χ0) is 6.27. The van der Waals surface area contributed by atoms with Crippen molar-refractivity contribution in [2.45, 2.75) is 0 Å². The molecule has 0 saturated carbocycles. The van der Waals surface area contributed by atoms with Crippen LogP contribution in [0.15, 0.2) is 29.1 Å². The van der Waals surface area contributed by atoms with E-state index in [4.69, 9.17) is 0 Å². The first-order valence-electron chi connectivity index (χ1n) is 2.54. The zero-order valence-corrected chi connectivity index (χ0v) is 4.50. The zero-order valence-electron chi connectivity index (χ0n) is 4.50. The van der Waals surface area contributed by atoms with Crippen LogP contribution in [0.3, 0.4) is 0 Å². The molecule has 0 aliphatic carbocycles. The van der Waals surface area contributed by atoms with Gasteiger partial charge in [0.2, 0.25) is 0 Å². The highest BCUT2D eigenvalue weighted by Crippen LogP contribution is 2.15. The summed E-state index contributed by atoms with van der Waals surface area (Å²) in [4.78, 5) is 14.4. The van der Waals surface area contributed by atoms with E-state index in [1.165, 1.54) is 6.26 Å². The molecule has 2 aliphatic rings. The number of hydrogen-bond acceptors (Lipinski definition) is 3. The van der Waals surface area contributed by atoms with E-state index in [9.17, 15) is 4.79 Å². The predicted molar refractivity (Wildman–Crippen MR) is 30.7 cm³/mol. The standard InChI is InChI=1S/C6H3NO2/c8-6-5-4(3-9-6)1-2-7-5/h1-3H. The third-order valence-corrected chi connectivity index (χ3v) is 1.22. The van der Waals surface area contributed by atoms with Gasteiger partial charge >= 0.3 is 5.97 Å². The van der Waals surface area contributed by atoms with Crippen LogP contribution < -0.4 is 0 Å². The number of cyclic esters (lactones) is 1. The second-order valence-electron chi connectivity index (χ2n) is 1.77. The minimum atomic E-state index is -0.352. The van der Waals surface area contributed by atoms with E-state index in [-0.39, 0.29) is 5.97 Å². The van der Waals surface area contributed by atoms with Crippen molar-refractivity contribution >= 4 is 11.7 Å². The summed E-state index contributed by atoms with van der Waals surface area (Å²) >= 11 is 0. The van der Waals surface area contributed by atoms with Crippen LogP contribution in [-0.2, 0) is 9.53 Å². The molecule has 0 atom stereocenters. The summed E-state index contributed by atoms with van der Waals surface area (Å²) in [5.74, 6) is -0.352. The summed E-state index contributed by atoms with van der Waals surface area (Å²) < 4.78 is 4.54. The van der Waals surface area contributed by atoms with Gasteiger partial charge in [-0.3, -0.25) is 0 Å². The molecule has 9 heavy (non-hydrogen) atoms. The third kappa shape index (κ3) is 0.455. The summed E-state index contributed by atoms with van der Waals surface area (Å²) in [5.41, 5.74) is 1.20. The number of aliphatic imine (C=N–C) groups is 1. The van der Waals surface area contributed by atoms with E-state index in [0.29, 0.717) is 5.71 Å². The summed E-state index contributed by atoms with van der Waals surface area (Å²) in [6, 6.07) is 0. The Morgan fingerprint density at radius 1 is 1.56 bits per heavy atom. The number of carbonyl (C=O) groups is 1. The molecule has 0 aromatic rings. The number of nitrogens with zero attached hydrogens (tertiary/aromatic N) is 1. The molecule has 0 saturated heterocycles. The van der Waals surface area contributed by atoms with Gasteiger partial charge < -0.3 is 4.74 Å². The van der Waals surface area contributed by atoms with Crippen LogP contribution in [0.2, 0.25) is 0 Å². The second-order valence-corrected chi connectivity index (χ2v) is 1.77. The van der Waals surface area contributed by atoms with Gasteiger partial charge in [0.1, 0.15) is 6.26 Å². The molecule has 0 fully saturated rings. The van der Waals surface area contributed by atoms with Gasteiger partial charge in [0, 0.05) is 11.8 Å². The molecule has 0 aromatic heterocycles. The minimum Gasteiger partial charge on any atom is -0.429 e. The third-order valence-electron chi connectivity index (χ3n) is 1.22. The quantitative estimate of drug-likeness (QED) is 0.435. The van der Waals surface area contributed by atoms with Gasteiger partial charge in [0.15, 0.2) is 5.71 Å². The van der Waals surface area contributed by atoms with E-state index in [2.05, 4.69) is 9.73 Å². The lowest BCUT2D eigenvalue weighted by Crippen LogP contribution is -2.06. The molecule has 0 unspecified atom stereocenters. The largest absolute Gasteiger partial charge is 0.429 e. The van der Waals surface area contributed by atoms with E-state index < -0.39 is 0 Å². The van der Waals surface area contributed by atoms with E-state index >= 15 is 0 Å². The van der Waals surface area contributed by atoms with Gasteiger partial charge in [-0.1, -0.05) is 0 Å². The monoisotopic (exact) mass is 121 g/mol. The summed E-state index contributed by atoms with van der Waals surface area (Å²) in [6.07, 6.45) is 4.73. The van der Waals surface area contributed by atoms with Crippen LogP contribution in [-0.4, -0.2) is 11.7 Å². The molecule has 0 radical (unpaired) electrons. The van der Waals surface area contributed by atoms with Crippen molar-refractivity contribution in [1.82, 2.24) is 0 Å². The van der Waals surface area contributed by atoms with Gasteiger partial charge in [-0.25, -0.2) is 9.79 Å². The number of fused-ring (bicyclic) bond motifs is 1. The van der Waals surface area contributed by atoms with Crippen molar-refractivity contribution in [3.8, 4) is 0 Å². The smallest absolute Gasteiger partial charge is 0.362 e. The molecule has 44 valence electrons. The molecule has 3 nitrogen and oxygen atoms in total. The van der Waals surface area contributed by atoms with Crippen molar-refractivity contribution < 1.29 is 9.53 Å². The first kappa shape index (κ1) is 4.49. The number of hydrogen-bond donors (Lipinski definition) is 0. The van der Waals surface area contributed by atoms with E-state index in [0.717, 1.165) is 5.57 Å². The van der Waals surface area contributed by atoms with Crippen LogP contribution in [0, 0.1) is 0 Å². The fraction of sp³-hybridized carbons (Fsp3) is 0. The van der Waals surface area contributed by atoms with Gasteiger partial charge in [-0.05, 0) is 6.08 Å². The molecule has 2 heterocycles. The molecular weight excluding hydrogens is 118 g/mol. The lowest BCUT2D eigenvalue weighted by Gasteiger charge is -1.83. The number of ether oxygens (including phenoxy) is 1. The van der Waals surface area contributed by atoms with Crippen molar-refractivity contribution in [1.29, 1.82) is 0 Å². The van der Waals surface area contributed by atoms with Gasteiger partial charge in [0.05, 0.1) is 0 Å². The normalized spacial score (nSPS) is 21.1. The molecule has 3 heteroatoms. The predicted octanol–water partition coefficient (Wildman–Crippen LogP) is 0.395. The Balaban J connectivity index is 2.53. The highest BCUT2D eigenvalue weighted by atomic mass is 16.5. The van der Waals surface area contributed by atoms with Crippen molar-refractivity contribution in [3.05, 3.63) is 24.1 Å². The molecule has 0 spiro atoms. The Morgan fingerprint density at radius 3 is 3.22 bits per heavy atom. The molecular formula is C6H3NO2. The maximum atomic E-state index is 10.6. The van der Waals surface area contributed by atoms with Crippen molar-refractivity contribution in [2.24, 2.45) is 4.99 Å². The molecule has 0 aromatic carbocycles. The maximum absolute atomic E-state index is 10.6. The van der Waals surface area contributed by atoms with Crippen molar-refractivity contribution in [2.75, 3.05) is 0 Å². The van der Waals surface area contributed by atoms with Crippen LogP contribution >= 0.6 is 0 Å². The Kier molecular flexibility index (Phi) is 0.656. The van der Waals surface area contributed by atoms with Crippen molar-refractivity contribution in [3.63, 3.8) is 0 Å². The first-order valence-corrected chi connectivity index (χ1v) is 2.54. The highest BCUT2D eigenvalue weighted by molar-refractivity contribution is 6.46. The van der Waals surface area contributed by atoms with Crippen LogP contribution in [0.25, 0.3) is 0 Å². The Bertz CT molecular complexity index is 260. The molecule has 2 rings (SSSR count). The molecule has 0 bridgehead atoms. The van der Waals surface area contributed by atoms with E-state index in [1.54, 1.807) is 12.3 Å². The van der Waals surface area contributed by atoms with Gasteiger partial charge in [-0.2, -0.15) is 0 Å². The first-order chi connectivity index (χ1) is 4.38. The SMILES string of the molecule is O=C1OC=C2C=CN=C12. The van der Waals surface area contributed by atoms with Gasteiger partial charge in [-0.15, -0.1) is 0 Å². The summed E-state index contributed by atoms with van der Waals surface area (Å²) in [7, 11) is 0. The molecule has 0 amide bonds. The van der Waals surface area contributed by atoms with Crippen LogP contribution in [0.4, 0.5) is 0 Å².